The third-order valence-corrected chi connectivity index (χ3v) is 18.4. The highest BCUT2D eigenvalue weighted by atomic mass is 16.6. The lowest BCUT2D eigenvalue weighted by atomic mass is 9.91. The summed E-state index contributed by atoms with van der Waals surface area (Å²) < 4.78 is 49.8. The average Bonchev–Trinajstić information content (AvgIpc) is 1.53. The Kier molecular flexibility index (Phi) is 44.8. The summed E-state index contributed by atoms with van der Waals surface area (Å²) >= 11 is 0. The van der Waals surface area contributed by atoms with Gasteiger partial charge in [0.05, 0.1) is 123 Å². The highest BCUT2D eigenvalue weighted by Crippen LogP contribution is 2.27. The highest BCUT2D eigenvalue weighted by molar-refractivity contribution is 5.98. The van der Waals surface area contributed by atoms with Gasteiger partial charge < -0.3 is 126 Å². The number of unbranched alkanes of at least 4 members (excludes halogenated alkanes) is 8. The first-order chi connectivity index (χ1) is 49.9. The minimum absolute atomic E-state index is 0.0722. The fourth-order valence-electron chi connectivity index (χ4n) is 12.4. The molecule has 3 heterocycles. The van der Waals surface area contributed by atoms with Gasteiger partial charge in [-0.15, -0.1) is 0 Å². The van der Waals surface area contributed by atoms with Crippen LogP contribution in [0.3, 0.4) is 0 Å². The minimum atomic E-state index is -2.38. The van der Waals surface area contributed by atoms with E-state index in [-0.39, 0.29) is 30.8 Å². The summed E-state index contributed by atoms with van der Waals surface area (Å²) in [6, 6.07) is -7.30. The number of aliphatic hydroxyl groups is 7. The number of carbonyl (C=O) groups is 8. The number of primary amides is 1. The third kappa shape index (κ3) is 33.9. The van der Waals surface area contributed by atoms with Crippen LogP contribution in [0.25, 0.3) is 0 Å². The van der Waals surface area contributed by atoms with Crippen molar-refractivity contribution in [2.75, 3.05) is 126 Å². The van der Waals surface area contributed by atoms with Crippen LogP contribution in [0.2, 0.25) is 0 Å². The fraction of sp³-hybridized carbons (Fsp3) is 0.803. The number of rotatable bonds is 49. The fourth-order valence-corrected chi connectivity index (χ4v) is 12.4. The zero-order valence-electron chi connectivity index (χ0n) is 61.5. The van der Waals surface area contributed by atoms with E-state index in [1.807, 2.05) is 0 Å². The van der Waals surface area contributed by atoms with Gasteiger partial charge in [-0.1, -0.05) is 90.7 Å². The lowest BCUT2D eigenvalue weighted by Gasteiger charge is -2.34. The summed E-state index contributed by atoms with van der Waals surface area (Å²) in [7, 11) is 1.61. The molecule has 0 spiro atoms. The van der Waals surface area contributed by atoms with Crippen LogP contribution in [-0.2, 0) is 81.0 Å². The van der Waals surface area contributed by atoms with Gasteiger partial charge in [0.1, 0.15) is 60.3 Å². The number of fused-ring (bicyclic) bond motifs is 2. The van der Waals surface area contributed by atoms with Crippen molar-refractivity contribution in [3.05, 3.63) is 29.8 Å². The van der Waals surface area contributed by atoms with Gasteiger partial charge in [0.25, 0.3) is 0 Å². The first kappa shape index (κ1) is 90.5. The molecule has 0 bridgehead atoms. The summed E-state index contributed by atoms with van der Waals surface area (Å²) in [4.78, 5) is 116. The predicted octanol–water partition coefficient (Wildman–Crippen LogP) is -0.994. The van der Waals surface area contributed by atoms with Crippen molar-refractivity contribution in [3.63, 3.8) is 0 Å². The van der Waals surface area contributed by atoms with E-state index in [1.165, 1.54) is 18.6 Å². The summed E-state index contributed by atoms with van der Waals surface area (Å²) in [6.45, 7) is 13.0. The maximum Gasteiger partial charge on any atom is 0.248 e. The number of phenolic OH excluding ortho intramolecular Hbond substituents is 1. The van der Waals surface area contributed by atoms with Crippen LogP contribution in [0, 0.1) is 11.8 Å². The van der Waals surface area contributed by atoms with Gasteiger partial charge in [-0.05, 0) is 68.6 Å². The molecule has 4 rings (SSSR count). The van der Waals surface area contributed by atoms with E-state index >= 15 is 0 Å². The molecule has 3 aliphatic rings. The monoisotopic (exact) mass is 1490 g/mol. The van der Waals surface area contributed by atoms with E-state index in [1.54, 1.807) is 7.11 Å². The van der Waals surface area contributed by atoms with Crippen molar-refractivity contribution in [2.45, 2.75) is 228 Å². The second kappa shape index (κ2) is 51.4. The minimum Gasteiger partial charge on any atom is -0.508 e. The Morgan fingerprint density at radius 1 is 0.577 bits per heavy atom. The Labute approximate surface area is 610 Å². The SMILES string of the molecule is CCC(C)CC(C)CCCCCCCCC(=O)NC1C[C@@H](O)C(OCCCCCCOCCOCCOCCOCCOCCOCCOCCOC)NC(=O)C2[C@@H](O)CCN2C(=O)C([C@H](O)CC(N)=O)NC(=O)C([C@H](O)[C@@H](O)c2ccc(O)cc2)NC(=O)C2C[C@@H](O)CN2C(=O)C([C@@H](C)O)NC1=O. The Bertz CT molecular complexity index is 2640. The molecule has 15 N–H and O–H groups in total. The van der Waals surface area contributed by atoms with Gasteiger partial charge in [-0.25, -0.2) is 0 Å². The number of aromatic hydroxyl groups is 1. The number of aliphatic hydroxyl groups excluding tert-OH is 7. The molecule has 33 nitrogen and oxygen atoms in total. The molecule has 1 aromatic rings. The van der Waals surface area contributed by atoms with Crippen LogP contribution < -0.4 is 32.3 Å². The van der Waals surface area contributed by atoms with Crippen LogP contribution in [0.15, 0.2) is 24.3 Å². The number of hydrogen-bond acceptors (Lipinski definition) is 25. The summed E-state index contributed by atoms with van der Waals surface area (Å²) in [5, 5.41) is 103. The van der Waals surface area contributed by atoms with Gasteiger partial charge >= 0.3 is 0 Å². The predicted molar refractivity (Wildman–Crippen MR) is 375 cm³/mol. The Morgan fingerprint density at radius 3 is 1.64 bits per heavy atom. The second-order valence-electron chi connectivity index (χ2n) is 27.1. The lowest BCUT2D eigenvalue weighted by Crippen LogP contribution is -2.64. The molecule has 596 valence electrons. The molecule has 0 aromatic heterocycles. The van der Waals surface area contributed by atoms with Crippen molar-refractivity contribution < 1.29 is 122 Å². The Morgan fingerprint density at radius 2 is 1.09 bits per heavy atom. The number of carbonyl (C=O) groups excluding carboxylic acids is 8. The van der Waals surface area contributed by atoms with E-state index in [9.17, 15) is 79.2 Å². The summed E-state index contributed by atoms with van der Waals surface area (Å²) in [5.74, 6) is -8.32. The van der Waals surface area contributed by atoms with Gasteiger partial charge in [-0.2, -0.15) is 0 Å². The third-order valence-electron chi connectivity index (χ3n) is 18.4. The topological polar surface area (TPSA) is 474 Å². The maximum atomic E-state index is 14.9. The number of hydrogen-bond donors (Lipinski definition) is 14. The first-order valence-electron chi connectivity index (χ1n) is 37.0. The molecule has 0 saturated carbocycles. The van der Waals surface area contributed by atoms with Crippen LogP contribution in [0.5, 0.6) is 5.75 Å². The summed E-state index contributed by atoms with van der Waals surface area (Å²) in [5.41, 5.74) is 5.35. The smallest absolute Gasteiger partial charge is 0.248 e. The molecule has 9 unspecified atom stereocenters. The number of benzene rings is 1. The summed E-state index contributed by atoms with van der Waals surface area (Å²) in [6.07, 6.45) is -7.30. The Hall–Kier alpha value is -5.86. The molecule has 1 aromatic carbocycles. The molecule has 16 atom stereocenters. The molecular formula is C71H122N8O25. The number of nitrogens with zero attached hydrogens (tertiary/aromatic N) is 2. The number of nitrogens with two attached hydrogens (primary N) is 1. The van der Waals surface area contributed by atoms with Crippen molar-refractivity contribution in [2.24, 2.45) is 17.6 Å². The normalized spacial score (nSPS) is 24.3. The molecule has 8 amide bonds. The van der Waals surface area contributed by atoms with Gasteiger partial charge in [0, 0.05) is 52.7 Å². The van der Waals surface area contributed by atoms with E-state index < -0.39 is 165 Å². The van der Waals surface area contributed by atoms with Crippen molar-refractivity contribution in [1.82, 2.24) is 36.4 Å². The van der Waals surface area contributed by atoms with Crippen molar-refractivity contribution in [1.29, 1.82) is 0 Å². The van der Waals surface area contributed by atoms with E-state index in [0.29, 0.717) is 149 Å². The zero-order chi connectivity index (χ0) is 76.3. The van der Waals surface area contributed by atoms with E-state index in [0.717, 1.165) is 67.4 Å². The molecule has 3 aliphatic heterocycles. The number of methoxy groups -OCH3 is 1. The number of phenols is 1. The lowest BCUT2D eigenvalue weighted by molar-refractivity contribution is -0.150. The largest absolute Gasteiger partial charge is 0.508 e. The number of amides is 8. The molecule has 104 heavy (non-hydrogen) atoms. The number of nitrogens with one attached hydrogen (secondary N) is 5. The van der Waals surface area contributed by atoms with Crippen LogP contribution in [-0.4, -0.2) is 303 Å². The molecule has 33 heteroatoms. The van der Waals surface area contributed by atoms with Crippen LogP contribution in [0.1, 0.15) is 155 Å². The van der Waals surface area contributed by atoms with E-state index in [4.69, 9.17) is 48.4 Å². The highest BCUT2D eigenvalue weighted by Gasteiger charge is 2.49. The standard InChI is InChI=1S/C71H122N8O25/c1-6-46(2)41-47(3)17-13-9-7-8-10-14-18-58(87)73-52-43-56(85)69(104-26-16-12-11-15-25-97-29-30-99-33-34-101-37-38-103-40-39-102-36-35-100-32-31-98-28-27-96-5)77-68(93)62-54(83)23-24-78(62)71(95)60(55(84)44-57(72)86)75-67(92)61(64(89)63(88)49-19-21-50(81)22-20-49)76-66(91)53-42-51(82)45-79(53)70(94)59(48(4)80)74-65(52)90/h19-22,46-48,51-56,59-64,69,80-85,88-89H,6-18,23-45H2,1-5H3,(H2,72,86)(H,73,87)(H,74,90)(H,75,92)(H,76,91)(H,77,93)/t46?,47?,48-,51-,52?,53?,54+,55-,56-,59?,60?,61?,62?,63+,64+,69?/m1/s1. The maximum absolute atomic E-state index is 14.9. The molecular weight excluding hydrogens is 1360 g/mol. The first-order valence-corrected chi connectivity index (χ1v) is 37.0. The zero-order valence-corrected chi connectivity index (χ0v) is 61.5. The van der Waals surface area contributed by atoms with Crippen molar-refractivity contribution >= 4 is 47.3 Å². The Balaban J connectivity index is 1.52. The average molecular weight is 1490 g/mol. The second-order valence-corrected chi connectivity index (χ2v) is 27.1. The molecule has 3 fully saturated rings. The quantitative estimate of drug-likeness (QED) is 0.0348. The molecule has 0 aliphatic carbocycles. The molecule has 0 radical (unpaired) electrons. The van der Waals surface area contributed by atoms with Gasteiger partial charge in [0.2, 0.25) is 47.3 Å². The molecule has 3 saturated heterocycles. The van der Waals surface area contributed by atoms with Gasteiger partial charge in [-0.3, -0.25) is 38.4 Å². The van der Waals surface area contributed by atoms with Gasteiger partial charge in [0.15, 0.2) is 6.23 Å². The number of ether oxygens (including phenoxy) is 9. The van der Waals surface area contributed by atoms with E-state index in [2.05, 4.69) is 47.4 Å². The van der Waals surface area contributed by atoms with Crippen molar-refractivity contribution in [3.8, 4) is 5.75 Å². The van der Waals surface area contributed by atoms with Crippen LogP contribution in [0.4, 0.5) is 0 Å². The van der Waals surface area contributed by atoms with Crippen LogP contribution >= 0.6 is 0 Å².